The normalized spacial score (nSPS) is 10.6. The molecule has 1 aromatic rings. The highest BCUT2D eigenvalue weighted by atomic mass is 16.2. The van der Waals surface area contributed by atoms with Crippen molar-refractivity contribution in [3.63, 3.8) is 0 Å². The summed E-state index contributed by atoms with van der Waals surface area (Å²) >= 11 is 0. The Morgan fingerprint density at radius 2 is 2.05 bits per heavy atom. The summed E-state index contributed by atoms with van der Waals surface area (Å²) in [4.78, 5) is 18.5. The molecule has 0 fully saturated rings. The number of carbonyl (C=O) groups is 1. The van der Waals surface area contributed by atoms with E-state index in [4.69, 9.17) is 0 Å². The largest absolute Gasteiger partial charge is 0.387 e. The first kappa shape index (κ1) is 15.5. The van der Waals surface area contributed by atoms with Gasteiger partial charge in [-0.2, -0.15) is 0 Å². The SMILES string of the molecule is CCC(CC)CN(CC)C(=O)c1cnccc1NC. The topological polar surface area (TPSA) is 45.2 Å². The molecule has 19 heavy (non-hydrogen) atoms. The predicted molar refractivity (Wildman–Crippen MR) is 79.4 cm³/mol. The van der Waals surface area contributed by atoms with Crippen molar-refractivity contribution in [2.24, 2.45) is 5.92 Å². The summed E-state index contributed by atoms with van der Waals surface area (Å²) in [6.07, 6.45) is 5.54. The lowest BCUT2D eigenvalue weighted by atomic mass is 10.0. The van der Waals surface area contributed by atoms with Gasteiger partial charge in [0.15, 0.2) is 0 Å². The maximum atomic E-state index is 12.6. The van der Waals surface area contributed by atoms with E-state index in [1.54, 1.807) is 12.4 Å². The van der Waals surface area contributed by atoms with Crippen LogP contribution in [-0.2, 0) is 0 Å². The Hall–Kier alpha value is -1.58. The minimum atomic E-state index is 0.0619. The zero-order chi connectivity index (χ0) is 14.3. The molecular formula is C15H25N3O. The van der Waals surface area contributed by atoms with Crippen LogP contribution in [0.2, 0.25) is 0 Å². The first-order valence-electron chi connectivity index (χ1n) is 7.08. The molecule has 1 rings (SSSR count). The number of pyridine rings is 1. The molecule has 0 spiro atoms. The van der Waals surface area contributed by atoms with Gasteiger partial charge in [0.2, 0.25) is 0 Å². The fourth-order valence-corrected chi connectivity index (χ4v) is 2.17. The number of hydrogen-bond acceptors (Lipinski definition) is 3. The standard InChI is InChI=1S/C15H25N3O/c1-5-12(6-2)11-18(7-3)15(19)13-10-17-9-8-14(13)16-4/h8-10,12H,5-7,11H2,1-4H3,(H,16,17). The molecular weight excluding hydrogens is 238 g/mol. The summed E-state index contributed by atoms with van der Waals surface area (Å²) in [5.41, 5.74) is 1.49. The van der Waals surface area contributed by atoms with Crippen LogP contribution in [0.1, 0.15) is 44.0 Å². The molecule has 0 saturated carbocycles. The van der Waals surface area contributed by atoms with Crippen molar-refractivity contribution in [2.45, 2.75) is 33.6 Å². The highest BCUT2D eigenvalue weighted by Crippen LogP contribution is 2.17. The van der Waals surface area contributed by atoms with Gasteiger partial charge in [0.25, 0.3) is 5.91 Å². The van der Waals surface area contributed by atoms with E-state index in [0.29, 0.717) is 11.5 Å². The lowest BCUT2D eigenvalue weighted by molar-refractivity contribution is 0.0735. The van der Waals surface area contributed by atoms with Gasteiger partial charge in [-0.15, -0.1) is 0 Å². The van der Waals surface area contributed by atoms with Gasteiger partial charge in [-0.1, -0.05) is 26.7 Å². The Morgan fingerprint density at radius 1 is 1.37 bits per heavy atom. The molecule has 0 unspecified atom stereocenters. The molecule has 4 nitrogen and oxygen atoms in total. The third kappa shape index (κ3) is 3.94. The van der Waals surface area contributed by atoms with Crippen LogP contribution in [-0.4, -0.2) is 35.9 Å². The monoisotopic (exact) mass is 263 g/mol. The molecule has 0 aromatic carbocycles. The minimum Gasteiger partial charge on any atom is -0.387 e. The predicted octanol–water partition coefficient (Wildman–Crippen LogP) is 3.02. The van der Waals surface area contributed by atoms with Crippen LogP contribution >= 0.6 is 0 Å². The summed E-state index contributed by atoms with van der Waals surface area (Å²) in [5, 5.41) is 3.05. The van der Waals surface area contributed by atoms with Gasteiger partial charge < -0.3 is 10.2 Å². The molecule has 1 N–H and O–H groups in total. The summed E-state index contributed by atoms with van der Waals surface area (Å²) < 4.78 is 0. The molecule has 4 heteroatoms. The highest BCUT2D eigenvalue weighted by molar-refractivity contribution is 5.99. The van der Waals surface area contributed by atoms with Crippen molar-refractivity contribution in [2.75, 3.05) is 25.5 Å². The van der Waals surface area contributed by atoms with E-state index in [0.717, 1.165) is 31.6 Å². The average Bonchev–Trinajstić information content (AvgIpc) is 2.48. The zero-order valence-corrected chi connectivity index (χ0v) is 12.4. The van der Waals surface area contributed by atoms with Crippen molar-refractivity contribution in [1.29, 1.82) is 0 Å². The Labute approximate surface area is 116 Å². The van der Waals surface area contributed by atoms with Crippen molar-refractivity contribution in [1.82, 2.24) is 9.88 Å². The number of nitrogens with zero attached hydrogens (tertiary/aromatic N) is 2. The van der Waals surface area contributed by atoms with E-state index in [9.17, 15) is 4.79 Å². The number of amides is 1. The Morgan fingerprint density at radius 3 is 2.58 bits per heavy atom. The summed E-state index contributed by atoms with van der Waals surface area (Å²) in [6.45, 7) is 7.93. The fourth-order valence-electron chi connectivity index (χ4n) is 2.17. The number of rotatable bonds is 7. The van der Waals surface area contributed by atoms with E-state index >= 15 is 0 Å². The van der Waals surface area contributed by atoms with Gasteiger partial charge in [0, 0.05) is 38.2 Å². The summed E-state index contributed by atoms with van der Waals surface area (Å²) in [7, 11) is 1.82. The molecule has 1 amide bonds. The molecule has 106 valence electrons. The van der Waals surface area contributed by atoms with Crippen LogP contribution in [0.25, 0.3) is 0 Å². The van der Waals surface area contributed by atoms with E-state index in [1.165, 1.54) is 0 Å². The maximum absolute atomic E-state index is 12.6. The van der Waals surface area contributed by atoms with Crippen LogP contribution in [0, 0.1) is 5.92 Å². The van der Waals surface area contributed by atoms with Gasteiger partial charge in [0.05, 0.1) is 5.56 Å². The number of nitrogens with one attached hydrogen (secondary N) is 1. The van der Waals surface area contributed by atoms with E-state index in [2.05, 4.69) is 24.1 Å². The van der Waals surface area contributed by atoms with Crippen LogP contribution in [0.5, 0.6) is 0 Å². The minimum absolute atomic E-state index is 0.0619. The van der Waals surface area contributed by atoms with Gasteiger partial charge in [-0.3, -0.25) is 9.78 Å². The van der Waals surface area contributed by atoms with E-state index < -0.39 is 0 Å². The molecule has 0 aliphatic heterocycles. The molecule has 0 atom stereocenters. The molecule has 1 heterocycles. The van der Waals surface area contributed by atoms with Crippen molar-refractivity contribution < 1.29 is 4.79 Å². The Bertz CT molecular complexity index is 402. The van der Waals surface area contributed by atoms with Crippen LogP contribution in [0.4, 0.5) is 5.69 Å². The fraction of sp³-hybridized carbons (Fsp3) is 0.600. The molecule has 1 aromatic heterocycles. The lowest BCUT2D eigenvalue weighted by Gasteiger charge is -2.26. The van der Waals surface area contributed by atoms with Crippen molar-refractivity contribution in [3.8, 4) is 0 Å². The summed E-state index contributed by atoms with van der Waals surface area (Å²) in [6, 6.07) is 1.83. The van der Waals surface area contributed by atoms with Crippen LogP contribution < -0.4 is 5.32 Å². The smallest absolute Gasteiger partial charge is 0.257 e. The molecule has 0 aliphatic rings. The van der Waals surface area contributed by atoms with Gasteiger partial charge >= 0.3 is 0 Å². The van der Waals surface area contributed by atoms with Crippen molar-refractivity contribution in [3.05, 3.63) is 24.0 Å². The maximum Gasteiger partial charge on any atom is 0.257 e. The molecule has 0 radical (unpaired) electrons. The quantitative estimate of drug-likeness (QED) is 0.822. The Balaban J connectivity index is 2.89. The number of anilines is 1. The van der Waals surface area contributed by atoms with Crippen molar-refractivity contribution >= 4 is 11.6 Å². The van der Waals surface area contributed by atoms with Gasteiger partial charge in [-0.25, -0.2) is 0 Å². The molecule has 0 bridgehead atoms. The van der Waals surface area contributed by atoms with Crippen LogP contribution in [0.3, 0.4) is 0 Å². The zero-order valence-electron chi connectivity index (χ0n) is 12.4. The second-order valence-electron chi connectivity index (χ2n) is 4.70. The van der Waals surface area contributed by atoms with Gasteiger partial charge in [0.1, 0.15) is 0 Å². The average molecular weight is 263 g/mol. The number of hydrogen-bond donors (Lipinski definition) is 1. The molecule has 0 saturated heterocycles. The molecule has 0 aliphatic carbocycles. The van der Waals surface area contributed by atoms with Gasteiger partial charge in [-0.05, 0) is 18.9 Å². The first-order chi connectivity index (χ1) is 9.17. The van der Waals surface area contributed by atoms with E-state index in [1.807, 2.05) is 24.9 Å². The number of aromatic nitrogens is 1. The van der Waals surface area contributed by atoms with E-state index in [-0.39, 0.29) is 5.91 Å². The first-order valence-corrected chi connectivity index (χ1v) is 7.08. The lowest BCUT2D eigenvalue weighted by Crippen LogP contribution is -2.35. The highest BCUT2D eigenvalue weighted by Gasteiger charge is 2.19. The van der Waals surface area contributed by atoms with Crippen LogP contribution in [0.15, 0.2) is 18.5 Å². The summed E-state index contributed by atoms with van der Waals surface area (Å²) in [5.74, 6) is 0.630. The second-order valence-corrected chi connectivity index (χ2v) is 4.70. The number of carbonyl (C=O) groups excluding carboxylic acids is 1. The third-order valence-corrected chi connectivity index (χ3v) is 3.62. The Kier molecular flexibility index (Phi) is 6.33. The second kappa shape index (κ2) is 7.77. The third-order valence-electron chi connectivity index (χ3n) is 3.62.